The molecule has 1 aromatic heterocycles. The molecule has 0 fully saturated rings. The molecule has 0 spiro atoms. The average Bonchev–Trinajstić information content (AvgIpc) is 3.24. The van der Waals surface area contributed by atoms with Crippen molar-refractivity contribution in [2.75, 3.05) is 34.5 Å². The molecule has 210 valence electrons. The van der Waals surface area contributed by atoms with E-state index in [4.69, 9.17) is 35.3 Å². The first-order chi connectivity index (χ1) is 19.2. The van der Waals surface area contributed by atoms with Gasteiger partial charge in [0.2, 0.25) is 0 Å². The first-order valence-corrected chi connectivity index (χ1v) is 13.3. The minimum atomic E-state index is -0.882. The monoisotopic (exact) mass is 586 g/mol. The van der Waals surface area contributed by atoms with Crippen molar-refractivity contribution in [1.29, 1.82) is 0 Å². The summed E-state index contributed by atoms with van der Waals surface area (Å²) in [5, 5.41) is 0.411. The number of hydrogen-bond donors (Lipinski definition) is 0. The van der Waals surface area contributed by atoms with Crippen LogP contribution >= 0.6 is 22.9 Å². The maximum Gasteiger partial charge on any atom is 0.344 e. The highest BCUT2D eigenvalue weighted by Crippen LogP contribution is 2.37. The molecule has 0 unspecified atom stereocenters. The van der Waals surface area contributed by atoms with Gasteiger partial charge in [-0.3, -0.25) is 9.36 Å². The first kappa shape index (κ1) is 28.9. The molecule has 2 aromatic carbocycles. The molecule has 2 heterocycles. The van der Waals surface area contributed by atoms with Crippen LogP contribution < -0.4 is 29.1 Å². The van der Waals surface area contributed by atoms with E-state index in [1.54, 1.807) is 56.3 Å². The molecular formula is C28H27ClN2O8S. The van der Waals surface area contributed by atoms with Crippen molar-refractivity contribution in [2.24, 2.45) is 4.99 Å². The second-order valence-corrected chi connectivity index (χ2v) is 9.91. The normalized spacial score (nSPS) is 14.8. The number of benzene rings is 2. The summed E-state index contributed by atoms with van der Waals surface area (Å²) in [7, 11) is 4.24. The molecule has 0 aliphatic carbocycles. The minimum absolute atomic E-state index is 0.201. The van der Waals surface area contributed by atoms with Gasteiger partial charge >= 0.3 is 11.9 Å². The molecule has 0 bridgehead atoms. The van der Waals surface area contributed by atoms with E-state index >= 15 is 0 Å². The van der Waals surface area contributed by atoms with E-state index in [9.17, 15) is 14.4 Å². The molecule has 0 saturated heterocycles. The molecule has 4 rings (SSSR count). The lowest BCUT2D eigenvalue weighted by Gasteiger charge is -2.25. The number of thiazole rings is 1. The maximum absolute atomic E-state index is 13.8. The van der Waals surface area contributed by atoms with Crippen LogP contribution in [0, 0.1) is 0 Å². The van der Waals surface area contributed by atoms with Gasteiger partial charge in [0.15, 0.2) is 22.9 Å². The van der Waals surface area contributed by atoms with E-state index in [0.29, 0.717) is 48.4 Å². The van der Waals surface area contributed by atoms with Crippen molar-refractivity contribution in [1.82, 2.24) is 4.57 Å². The first-order valence-electron chi connectivity index (χ1n) is 12.1. The zero-order valence-electron chi connectivity index (χ0n) is 22.5. The molecule has 0 saturated carbocycles. The van der Waals surface area contributed by atoms with E-state index < -0.39 is 18.0 Å². The number of carbonyl (C=O) groups is 2. The number of nitrogens with zero attached hydrogens (tertiary/aromatic N) is 2. The third kappa shape index (κ3) is 5.75. The molecule has 12 heteroatoms. The predicted octanol–water partition coefficient (Wildman–Crippen LogP) is 3.02. The highest BCUT2D eigenvalue weighted by Gasteiger charge is 2.35. The molecule has 1 atom stereocenters. The summed E-state index contributed by atoms with van der Waals surface area (Å²) in [6.45, 7) is 3.38. The van der Waals surface area contributed by atoms with Crippen LogP contribution in [0.15, 0.2) is 57.5 Å². The van der Waals surface area contributed by atoms with Gasteiger partial charge in [0.1, 0.15) is 11.8 Å². The predicted molar refractivity (Wildman–Crippen MR) is 149 cm³/mol. The van der Waals surface area contributed by atoms with Crippen molar-refractivity contribution in [2.45, 2.75) is 19.9 Å². The Bertz CT molecular complexity index is 1670. The number of allylic oxidation sites excluding steroid dienone is 1. The van der Waals surface area contributed by atoms with Crippen molar-refractivity contribution in [3.8, 4) is 17.2 Å². The Morgan fingerprint density at radius 2 is 1.80 bits per heavy atom. The second-order valence-electron chi connectivity index (χ2n) is 8.46. The van der Waals surface area contributed by atoms with Crippen LogP contribution in [0.4, 0.5) is 0 Å². The largest absolute Gasteiger partial charge is 0.496 e. The van der Waals surface area contributed by atoms with Gasteiger partial charge in [0.25, 0.3) is 5.56 Å². The highest BCUT2D eigenvalue weighted by atomic mass is 35.5. The van der Waals surface area contributed by atoms with Gasteiger partial charge in [-0.05, 0) is 55.8 Å². The summed E-state index contributed by atoms with van der Waals surface area (Å²) < 4.78 is 28.3. The fourth-order valence-electron chi connectivity index (χ4n) is 4.29. The van der Waals surface area contributed by atoms with Crippen LogP contribution in [0.5, 0.6) is 17.2 Å². The molecule has 3 aromatic rings. The molecule has 0 radical (unpaired) electrons. The Hall–Kier alpha value is -4.09. The third-order valence-electron chi connectivity index (χ3n) is 6.05. The van der Waals surface area contributed by atoms with E-state index in [-0.39, 0.29) is 24.3 Å². The summed E-state index contributed by atoms with van der Waals surface area (Å²) in [4.78, 5) is 43.4. The standard InChI is InChI=1S/C28H27ClN2O8S/c1-6-38-23(32)14-39-20-9-7-16(11-21(20)36-4)12-22-26(33)31-25(18-13-17(29)8-10-19(18)35-3)24(27(34)37-5)15(2)30-28(31)40-22/h7-13,25H,6,14H2,1-5H3/b22-12-/t25-/m1/s1. The van der Waals surface area contributed by atoms with Crippen LogP contribution in [0.3, 0.4) is 0 Å². The van der Waals surface area contributed by atoms with E-state index in [1.165, 1.54) is 37.2 Å². The van der Waals surface area contributed by atoms with Crippen molar-refractivity contribution in [3.63, 3.8) is 0 Å². The number of carbonyl (C=O) groups excluding carboxylic acids is 2. The molecule has 1 aliphatic rings. The minimum Gasteiger partial charge on any atom is -0.496 e. The van der Waals surface area contributed by atoms with Gasteiger partial charge in [-0.1, -0.05) is 29.0 Å². The fourth-order valence-corrected chi connectivity index (χ4v) is 5.52. The lowest BCUT2D eigenvalue weighted by Crippen LogP contribution is -2.40. The quantitative estimate of drug-likeness (QED) is 0.352. The van der Waals surface area contributed by atoms with Gasteiger partial charge in [0.05, 0.1) is 43.7 Å². The van der Waals surface area contributed by atoms with Crippen molar-refractivity contribution < 1.29 is 33.3 Å². The molecule has 0 amide bonds. The average molecular weight is 587 g/mol. The maximum atomic E-state index is 13.8. The number of esters is 2. The topological polar surface area (TPSA) is 115 Å². The Kier molecular flexibility index (Phi) is 8.96. The summed E-state index contributed by atoms with van der Waals surface area (Å²) in [5.74, 6) is 0.0490. The third-order valence-corrected chi connectivity index (χ3v) is 7.27. The SMILES string of the molecule is CCOC(=O)COc1ccc(/C=c2\sc3n(c2=O)[C@H](c2cc(Cl)ccc2OC)C(C(=O)OC)=C(C)N=3)cc1OC. The van der Waals surface area contributed by atoms with E-state index in [2.05, 4.69) is 4.99 Å². The lowest BCUT2D eigenvalue weighted by atomic mass is 9.95. The van der Waals surface area contributed by atoms with Crippen LogP contribution in [-0.4, -0.2) is 51.0 Å². The van der Waals surface area contributed by atoms with Crippen LogP contribution in [0.25, 0.3) is 6.08 Å². The van der Waals surface area contributed by atoms with Gasteiger partial charge < -0.3 is 23.7 Å². The van der Waals surface area contributed by atoms with Gasteiger partial charge in [-0.25, -0.2) is 14.6 Å². The van der Waals surface area contributed by atoms with Crippen LogP contribution in [-0.2, 0) is 19.1 Å². The summed E-state index contributed by atoms with van der Waals surface area (Å²) in [5.41, 5.74) is 1.41. The molecule has 0 N–H and O–H groups in total. The van der Waals surface area contributed by atoms with Gasteiger partial charge in [-0.2, -0.15) is 0 Å². The van der Waals surface area contributed by atoms with Crippen molar-refractivity contribution >= 4 is 41.0 Å². The number of methoxy groups -OCH3 is 3. The number of hydrogen-bond acceptors (Lipinski definition) is 10. The number of halogens is 1. The van der Waals surface area contributed by atoms with Gasteiger partial charge in [-0.15, -0.1) is 0 Å². The number of aromatic nitrogens is 1. The van der Waals surface area contributed by atoms with Gasteiger partial charge in [0, 0.05) is 10.6 Å². The number of ether oxygens (including phenoxy) is 5. The zero-order valence-corrected chi connectivity index (χ0v) is 24.1. The Balaban J connectivity index is 1.84. The Morgan fingerprint density at radius 3 is 2.48 bits per heavy atom. The van der Waals surface area contributed by atoms with Crippen molar-refractivity contribution in [3.05, 3.63) is 83.5 Å². The Labute approximate surface area is 238 Å². The Morgan fingerprint density at radius 1 is 1.07 bits per heavy atom. The molecule has 40 heavy (non-hydrogen) atoms. The van der Waals surface area contributed by atoms with Crippen LogP contribution in [0.1, 0.15) is 31.0 Å². The lowest BCUT2D eigenvalue weighted by molar-refractivity contribution is -0.145. The van der Waals surface area contributed by atoms with Crippen LogP contribution in [0.2, 0.25) is 5.02 Å². The smallest absolute Gasteiger partial charge is 0.344 e. The summed E-state index contributed by atoms with van der Waals surface area (Å²) >= 11 is 7.49. The fraction of sp³-hybridized carbons (Fsp3) is 0.286. The number of rotatable bonds is 9. The summed E-state index contributed by atoms with van der Waals surface area (Å²) in [6, 6.07) is 9.16. The zero-order chi connectivity index (χ0) is 29.0. The molecule has 1 aliphatic heterocycles. The molecular weight excluding hydrogens is 560 g/mol. The van der Waals surface area contributed by atoms with E-state index in [1.807, 2.05) is 0 Å². The summed E-state index contributed by atoms with van der Waals surface area (Å²) in [6.07, 6.45) is 1.69. The molecule has 10 nitrogen and oxygen atoms in total. The second kappa shape index (κ2) is 12.4. The van der Waals surface area contributed by atoms with E-state index in [0.717, 1.165) is 0 Å². The number of fused-ring (bicyclic) bond motifs is 1. The highest BCUT2D eigenvalue weighted by molar-refractivity contribution is 7.07.